The molecule has 1 heterocycles. The van der Waals surface area contributed by atoms with Crippen LogP contribution < -0.4 is 5.32 Å². The van der Waals surface area contributed by atoms with Crippen molar-refractivity contribution in [3.05, 3.63) is 29.1 Å². The van der Waals surface area contributed by atoms with E-state index in [0.29, 0.717) is 0 Å². The number of nitrogens with one attached hydrogen (secondary N) is 1. The summed E-state index contributed by atoms with van der Waals surface area (Å²) in [7, 11) is -1.18. The number of halogens is 1. The molecule has 5 heteroatoms. The van der Waals surface area contributed by atoms with Gasteiger partial charge in [-0.05, 0) is 63.3 Å². The molecule has 2 nitrogen and oxygen atoms in total. The maximum Gasteiger partial charge on any atom is 0.268 e. The Balaban J connectivity index is 0.00000208. The molecule has 1 aliphatic heterocycles. The van der Waals surface area contributed by atoms with Crippen LogP contribution in [0.4, 0.5) is 10.1 Å². The zero-order valence-corrected chi connectivity index (χ0v) is 18.9. The normalized spacial score (nSPS) is 20.8. The van der Waals surface area contributed by atoms with Gasteiger partial charge in [-0.3, -0.25) is 4.79 Å². The van der Waals surface area contributed by atoms with E-state index >= 15 is 0 Å². The van der Waals surface area contributed by atoms with Gasteiger partial charge in [0.25, 0.3) is 5.91 Å². The molecular formula is C19H28FNOPY+. The third-order valence-corrected chi connectivity index (χ3v) is 12.1. The summed E-state index contributed by atoms with van der Waals surface area (Å²) in [4.78, 5) is 13.2. The number of carbonyl (C=O) groups is 1. The molecule has 1 aromatic carbocycles. The Morgan fingerprint density at radius 1 is 1.17 bits per heavy atom. The van der Waals surface area contributed by atoms with Gasteiger partial charge in [0.2, 0.25) is 0 Å². The fourth-order valence-corrected chi connectivity index (χ4v) is 10.1. The van der Waals surface area contributed by atoms with Crippen LogP contribution in [0.15, 0.2) is 12.1 Å². The van der Waals surface area contributed by atoms with E-state index in [0.717, 1.165) is 29.7 Å². The van der Waals surface area contributed by atoms with Crippen molar-refractivity contribution in [1.82, 2.24) is 0 Å². The molecule has 2 aliphatic rings. The van der Waals surface area contributed by atoms with Gasteiger partial charge in [0.05, 0.1) is 18.5 Å². The Morgan fingerprint density at radius 2 is 1.71 bits per heavy atom. The average Bonchev–Trinajstić information content (AvgIpc) is 3.33. The quantitative estimate of drug-likeness (QED) is 0.666. The van der Waals surface area contributed by atoms with E-state index in [-0.39, 0.29) is 49.6 Å². The first-order chi connectivity index (χ1) is 10.9. The minimum Gasteiger partial charge on any atom is -0.322 e. The number of hydrogen-bond acceptors (Lipinski definition) is 1. The maximum atomic E-state index is 13.5. The predicted octanol–water partition coefficient (Wildman–Crippen LogP) is 5.13. The van der Waals surface area contributed by atoms with Crippen molar-refractivity contribution in [2.75, 3.05) is 23.8 Å². The first-order valence-electron chi connectivity index (χ1n) is 8.88. The van der Waals surface area contributed by atoms with Crippen LogP contribution in [-0.2, 0) is 37.5 Å². The van der Waals surface area contributed by atoms with Gasteiger partial charge in [0.1, 0.15) is 5.82 Å². The van der Waals surface area contributed by atoms with Crippen LogP contribution in [0.3, 0.4) is 0 Å². The largest absolute Gasteiger partial charge is 0.322 e. The predicted molar refractivity (Wildman–Crippen MR) is 97.5 cm³/mol. The molecule has 129 valence electrons. The number of rotatable bonds is 4. The molecule has 24 heavy (non-hydrogen) atoms. The summed E-state index contributed by atoms with van der Waals surface area (Å²) < 4.78 is 13.5. The van der Waals surface area contributed by atoms with E-state index < -0.39 is 7.26 Å². The molecule has 0 atom stereocenters. The van der Waals surface area contributed by atoms with E-state index in [9.17, 15) is 9.18 Å². The molecule has 0 bridgehead atoms. The molecule has 1 radical (unpaired) electrons. The van der Waals surface area contributed by atoms with Gasteiger partial charge in [0.15, 0.2) is 5.16 Å². The zero-order valence-electron chi connectivity index (χ0n) is 15.1. The second-order valence-electron chi connectivity index (χ2n) is 7.37. The molecule has 0 unspecified atom stereocenters. The van der Waals surface area contributed by atoms with Crippen molar-refractivity contribution >= 4 is 18.9 Å². The van der Waals surface area contributed by atoms with E-state index in [2.05, 4.69) is 12.2 Å². The first kappa shape index (κ1) is 20.5. The fraction of sp³-hybridized carbons (Fsp3) is 0.632. The van der Waals surface area contributed by atoms with Crippen molar-refractivity contribution in [2.24, 2.45) is 0 Å². The number of carbonyl (C=O) groups excluding carboxylic acids is 1. The Morgan fingerprint density at radius 3 is 2.17 bits per heavy atom. The van der Waals surface area contributed by atoms with Gasteiger partial charge in [-0.2, -0.15) is 0 Å². The summed E-state index contributed by atoms with van der Waals surface area (Å²) in [5, 5.41) is 3.11. The van der Waals surface area contributed by atoms with E-state index in [1.807, 2.05) is 13.8 Å². The van der Waals surface area contributed by atoms with Crippen molar-refractivity contribution in [1.29, 1.82) is 0 Å². The topological polar surface area (TPSA) is 29.1 Å². The van der Waals surface area contributed by atoms with E-state index in [1.54, 1.807) is 0 Å². The van der Waals surface area contributed by atoms with Crippen LogP contribution in [-0.4, -0.2) is 29.5 Å². The Labute approximate surface area is 171 Å². The standard InChI is InChI=1S/C19H27FNOP.Y/c1-4-23(10-6-5-7-11-23)19(8-9-19)18(22)21-17-14(2)12-16(20)13-15(17)3;/h12-13H,4-11H2,1-3H3;/p+1. The maximum absolute atomic E-state index is 13.5. The van der Waals surface area contributed by atoms with Crippen LogP contribution >= 0.6 is 7.26 Å². The summed E-state index contributed by atoms with van der Waals surface area (Å²) in [6, 6.07) is 3.01. The van der Waals surface area contributed by atoms with E-state index in [4.69, 9.17) is 0 Å². The number of amides is 1. The van der Waals surface area contributed by atoms with Crippen LogP contribution in [0.2, 0.25) is 0 Å². The molecule has 1 saturated heterocycles. The minimum atomic E-state index is -1.18. The first-order valence-corrected chi connectivity index (χ1v) is 11.2. The second-order valence-corrected chi connectivity index (χ2v) is 12.0. The molecule has 0 aromatic heterocycles. The number of hydrogen-bond donors (Lipinski definition) is 1. The molecule has 1 N–H and O–H groups in total. The minimum absolute atomic E-state index is 0. The summed E-state index contributed by atoms with van der Waals surface area (Å²) in [6.45, 7) is 6.04. The smallest absolute Gasteiger partial charge is 0.268 e. The average molecular weight is 425 g/mol. The molecule has 1 amide bonds. The van der Waals surface area contributed by atoms with Crippen molar-refractivity contribution < 1.29 is 41.9 Å². The second kappa shape index (κ2) is 7.81. The van der Waals surface area contributed by atoms with Crippen LogP contribution in [0.25, 0.3) is 0 Å². The molecule has 3 rings (SSSR count). The van der Waals surface area contributed by atoms with Gasteiger partial charge < -0.3 is 5.32 Å². The SMILES string of the molecule is CC[P+]1(C2(C(=O)Nc3c(C)cc(F)cc3C)CC2)CCCCC1.[Y]. The Kier molecular flexibility index (Phi) is 6.66. The van der Waals surface area contributed by atoms with Crippen LogP contribution in [0, 0.1) is 19.7 Å². The molecule has 1 aromatic rings. The summed E-state index contributed by atoms with van der Waals surface area (Å²) in [6.07, 6.45) is 9.81. The summed E-state index contributed by atoms with van der Waals surface area (Å²) in [5.74, 6) is -0.0173. The fourth-order valence-electron chi connectivity index (χ4n) is 4.54. The molecule has 1 aliphatic carbocycles. The monoisotopic (exact) mass is 425 g/mol. The zero-order chi connectivity index (χ0) is 16.7. The van der Waals surface area contributed by atoms with Gasteiger partial charge in [0, 0.05) is 58.5 Å². The third-order valence-electron chi connectivity index (χ3n) is 6.07. The summed E-state index contributed by atoms with van der Waals surface area (Å²) >= 11 is 0. The van der Waals surface area contributed by atoms with Crippen molar-refractivity contribution in [3.8, 4) is 0 Å². The molecule has 0 spiro atoms. The Bertz CT molecular complexity index is 601. The van der Waals surface area contributed by atoms with Crippen LogP contribution in [0.1, 0.15) is 50.2 Å². The Hall–Kier alpha value is 0.154. The van der Waals surface area contributed by atoms with E-state index in [1.165, 1.54) is 49.9 Å². The van der Waals surface area contributed by atoms with Gasteiger partial charge in [-0.1, -0.05) is 0 Å². The van der Waals surface area contributed by atoms with Gasteiger partial charge in [-0.25, -0.2) is 4.39 Å². The van der Waals surface area contributed by atoms with Gasteiger partial charge in [-0.15, -0.1) is 0 Å². The number of benzene rings is 1. The van der Waals surface area contributed by atoms with Crippen LogP contribution in [0.5, 0.6) is 0 Å². The summed E-state index contributed by atoms with van der Waals surface area (Å²) in [5.41, 5.74) is 2.45. The molecular weight excluding hydrogens is 397 g/mol. The van der Waals surface area contributed by atoms with Crippen molar-refractivity contribution in [3.63, 3.8) is 0 Å². The molecule has 1 saturated carbocycles. The number of anilines is 1. The molecule has 2 fully saturated rings. The van der Waals surface area contributed by atoms with Gasteiger partial charge >= 0.3 is 0 Å². The number of aryl methyl sites for hydroxylation is 2. The third kappa shape index (κ3) is 3.51. The van der Waals surface area contributed by atoms with Crippen molar-refractivity contribution in [2.45, 2.75) is 58.0 Å².